The molecule has 0 saturated carbocycles. The number of alkyl halides is 3. The summed E-state index contributed by atoms with van der Waals surface area (Å²) in [6, 6.07) is 8.64. The van der Waals surface area contributed by atoms with Gasteiger partial charge in [0.25, 0.3) is 0 Å². The highest BCUT2D eigenvalue weighted by Gasteiger charge is 2.31. The summed E-state index contributed by atoms with van der Waals surface area (Å²) in [7, 11) is 0. The predicted molar refractivity (Wildman–Crippen MR) is 88.1 cm³/mol. The molecule has 130 valence electrons. The third-order valence-corrected chi connectivity index (χ3v) is 3.72. The standard InChI is InChI=1S/C15H18F3N3.2ClH/c16-15(17,18)6-5-14(21-9-7-20-8-10-21)13-3-1-12(11-19)2-4-13;;/h1-4,14,20H,5-10H2;2*1H/t14-;;/m1../s1. The molecule has 2 rings (SSSR count). The molecule has 1 aliphatic rings. The average Bonchev–Trinajstić information content (AvgIpc) is 2.48. The van der Waals surface area contributed by atoms with Gasteiger partial charge in [-0.2, -0.15) is 18.4 Å². The van der Waals surface area contributed by atoms with Crippen molar-refractivity contribution >= 4 is 24.8 Å². The highest BCUT2D eigenvalue weighted by atomic mass is 35.5. The Hall–Kier alpha value is -1.00. The van der Waals surface area contributed by atoms with E-state index in [9.17, 15) is 13.2 Å². The van der Waals surface area contributed by atoms with Gasteiger partial charge in [0.2, 0.25) is 0 Å². The molecule has 1 atom stereocenters. The number of nitriles is 1. The molecule has 1 saturated heterocycles. The van der Waals surface area contributed by atoms with Crippen LogP contribution >= 0.6 is 24.8 Å². The van der Waals surface area contributed by atoms with Gasteiger partial charge in [0, 0.05) is 38.6 Å². The number of rotatable bonds is 4. The van der Waals surface area contributed by atoms with Gasteiger partial charge < -0.3 is 5.32 Å². The van der Waals surface area contributed by atoms with Crippen LogP contribution in [0.4, 0.5) is 13.2 Å². The monoisotopic (exact) mass is 369 g/mol. The Morgan fingerprint density at radius 2 is 1.70 bits per heavy atom. The second-order valence-corrected chi connectivity index (χ2v) is 5.19. The highest BCUT2D eigenvalue weighted by Crippen LogP contribution is 2.31. The third-order valence-electron chi connectivity index (χ3n) is 3.72. The summed E-state index contributed by atoms with van der Waals surface area (Å²) in [5, 5.41) is 12.0. The van der Waals surface area contributed by atoms with Crippen LogP contribution in [0.15, 0.2) is 24.3 Å². The van der Waals surface area contributed by atoms with E-state index in [1.165, 1.54) is 0 Å². The molecule has 8 heteroatoms. The molecule has 0 bridgehead atoms. The molecule has 0 aliphatic carbocycles. The van der Waals surface area contributed by atoms with Gasteiger partial charge in [-0.1, -0.05) is 12.1 Å². The van der Waals surface area contributed by atoms with E-state index in [1.807, 2.05) is 6.07 Å². The van der Waals surface area contributed by atoms with Crippen molar-refractivity contribution in [3.05, 3.63) is 35.4 Å². The van der Waals surface area contributed by atoms with Crippen LogP contribution in [0, 0.1) is 11.3 Å². The van der Waals surface area contributed by atoms with E-state index in [2.05, 4.69) is 10.2 Å². The lowest BCUT2D eigenvalue weighted by molar-refractivity contribution is -0.138. The Labute approximate surface area is 146 Å². The van der Waals surface area contributed by atoms with Crippen LogP contribution in [-0.4, -0.2) is 37.3 Å². The van der Waals surface area contributed by atoms with Crippen molar-refractivity contribution < 1.29 is 13.2 Å². The molecule has 1 aromatic carbocycles. The van der Waals surface area contributed by atoms with Crippen LogP contribution in [0.2, 0.25) is 0 Å². The number of halogens is 5. The minimum absolute atomic E-state index is 0. The normalized spacial score (nSPS) is 16.6. The molecule has 0 unspecified atom stereocenters. The van der Waals surface area contributed by atoms with E-state index in [0.717, 1.165) is 31.7 Å². The van der Waals surface area contributed by atoms with Crippen LogP contribution in [0.25, 0.3) is 0 Å². The molecular formula is C15H20Cl2F3N3. The first-order chi connectivity index (χ1) is 9.99. The zero-order chi connectivity index (χ0) is 15.3. The zero-order valence-corrected chi connectivity index (χ0v) is 14.1. The van der Waals surface area contributed by atoms with Gasteiger partial charge in [0.05, 0.1) is 11.6 Å². The fourth-order valence-electron chi connectivity index (χ4n) is 2.63. The zero-order valence-electron chi connectivity index (χ0n) is 12.5. The van der Waals surface area contributed by atoms with Gasteiger partial charge in [-0.15, -0.1) is 24.8 Å². The first-order valence-electron chi connectivity index (χ1n) is 7.01. The fraction of sp³-hybridized carbons (Fsp3) is 0.533. The Morgan fingerprint density at radius 3 is 2.17 bits per heavy atom. The van der Waals surface area contributed by atoms with Gasteiger partial charge in [-0.25, -0.2) is 0 Å². The summed E-state index contributed by atoms with van der Waals surface area (Å²) in [5.74, 6) is 0. The quantitative estimate of drug-likeness (QED) is 0.879. The van der Waals surface area contributed by atoms with Crippen molar-refractivity contribution in [2.24, 2.45) is 0 Å². The molecule has 1 aliphatic heterocycles. The summed E-state index contributed by atoms with van der Waals surface area (Å²) in [4.78, 5) is 2.09. The third kappa shape index (κ3) is 6.96. The summed E-state index contributed by atoms with van der Waals surface area (Å²) in [6.45, 7) is 3.06. The van der Waals surface area contributed by atoms with Crippen molar-refractivity contribution in [3.63, 3.8) is 0 Å². The van der Waals surface area contributed by atoms with E-state index in [4.69, 9.17) is 5.26 Å². The van der Waals surface area contributed by atoms with Gasteiger partial charge in [-0.3, -0.25) is 4.90 Å². The van der Waals surface area contributed by atoms with Crippen LogP contribution < -0.4 is 5.32 Å². The topological polar surface area (TPSA) is 39.1 Å². The Balaban J connectivity index is 0.00000242. The van der Waals surface area contributed by atoms with Crippen molar-refractivity contribution in [1.82, 2.24) is 10.2 Å². The molecule has 0 spiro atoms. The average molecular weight is 370 g/mol. The molecule has 0 radical (unpaired) electrons. The van der Waals surface area contributed by atoms with E-state index >= 15 is 0 Å². The first-order valence-corrected chi connectivity index (χ1v) is 7.01. The molecule has 1 aromatic rings. The van der Waals surface area contributed by atoms with Crippen molar-refractivity contribution in [2.45, 2.75) is 25.1 Å². The maximum absolute atomic E-state index is 12.5. The van der Waals surface area contributed by atoms with Gasteiger partial charge in [0.1, 0.15) is 0 Å². The van der Waals surface area contributed by atoms with E-state index in [1.54, 1.807) is 24.3 Å². The summed E-state index contributed by atoms with van der Waals surface area (Å²) < 4.78 is 37.6. The van der Waals surface area contributed by atoms with Gasteiger partial charge >= 0.3 is 6.18 Å². The van der Waals surface area contributed by atoms with E-state index < -0.39 is 12.6 Å². The van der Waals surface area contributed by atoms with Crippen LogP contribution in [0.5, 0.6) is 0 Å². The van der Waals surface area contributed by atoms with Crippen LogP contribution in [0.1, 0.15) is 30.0 Å². The lowest BCUT2D eigenvalue weighted by Crippen LogP contribution is -2.45. The number of hydrogen-bond acceptors (Lipinski definition) is 3. The van der Waals surface area contributed by atoms with Crippen molar-refractivity contribution in [1.29, 1.82) is 5.26 Å². The number of benzene rings is 1. The molecular weight excluding hydrogens is 350 g/mol. The van der Waals surface area contributed by atoms with Crippen LogP contribution in [0.3, 0.4) is 0 Å². The Morgan fingerprint density at radius 1 is 1.13 bits per heavy atom. The molecule has 1 N–H and O–H groups in total. The van der Waals surface area contributed by atoms with Gasteiger partial charge in [0.15, 0.2) is 0 Å². The second-order valence-electron chi connectivity index (χ2n) is 5.19. The van der Waals surface area contributed by atoms with E-state index in [-0.39, 0.29) is 37.3 Å². The molecule has 1 fully saturated rings. The Bertz CT molecular complexity index is 494. The predicted octanol–water partition coefficient (Wildman–Crippen LogP) is 3.69. The highest BCUT2D eigenvalue weighted by molar-refractivity contribution is 5.85. The number of piperazine rings is 1. The van der Waals surface area contributed by atoms with E-state index in [0.29, 0.717) is 5.56 Å². The molecule has 0 amide bonds. The summed E-state index contributed by atoms with van der Waals surface area (Å²) in [6.07, 6.45) is -4.88. The SMILES string of the molecule is Cl.Cl.N#Cc1ccc([C@@H](CCC(F)(F)F)N2CCNCC2)cc1. The Kier molecular flexibility index (Phi) is 9.55. The molecule has 0 aromatic heterocycles. The summed E-state index contributed by atoms with van der Waals surface area (Å²) in [5.41, 5.74) is 1.37. The number of nitrogens with zero attached hydrogens (tertiary/aromatic N) is 2. The lowest BCUT2D eigenvalue weighted by Gasteiger charge is -2.35. The fourth-order valence-corrected chi connectivity index (χ4v) is 2.63. The van der Waals surface area contributed by atoms with Crippen LogP contribution in [-0.2, 0) is 0 Å². The maximum atomic E-state index is 12.5. The number of hydrogen-bond donors (Lipinski definition) is 1. The summed E-state index contributed by atoms with van der Waals surface area (Å²) >= 11 is 0. The van der Waals surface area contributed by atoms with Gasteiger partial charge in [-0.05, 0) is 24.1 Å². The largest absolute Gasteiger partial charge is 0.389 e. The molecule has 1 heterocycles. The second kappa shape index (κ2) is 9.99. The maximum Gasteiger partial charge on any atom is 0.389 e. The molecule has 23 heavy (non-hydrogen) atoms. The minimum Gasteiger partial charge on any atom is -0.314 e. The minimum atomic E-state index is -4.14. The van der Waals surface area contributed by atoms with Crippen molar-refractivity contribution in [2.75, 3.05) is 26.2 Å². The lowest BCUT2D eigenvalue weighted by atomic mass is 9.98. The first kappa shape index (κ1) is 22.0. The van der Waals surface area contributed by atoms with Crippen molar-refractivity contribution in [3.8, 4) is 6.07 Å². The smallest absolute Gasteiger partial charge is 0.314 e. The molecule has 3 nitrogen and oxygen atoms in total. The number of nitrogens with one attached hydrogen (secondary N) is 1.